The molecule has 0 spiro atoms. The minimum Gasteiger partial charge on any atom is -0.450 e. The van der Waals surface area contributed by atoms with Gasteiger partial charge in [0.15, 0.2) is 0 Å². The zero-order valence-corrected chi connectivity index (χ0v) is 24.8. The Morgan fingerprint density at radius 2 is 1.43 bits per heavy atom. The van der Waals surface area contributed by atoms with Crippen molar-refractivity contribution in [2.24, 2.45) is 0 Å². The normalized spacial score (nSPS) is 21.9. The van der Waals surface area contributed by atoms with Crippen molar-refractivity contribution in [1.82, 2.24) is 20.0 Å². The van der Waals surface area contributed by atoms with Crippen molar-refractivity contribution in [2.45, 2.75) is 63.6 Å². The maximum atomic E-state index is 12.2. The highest BCUT2D eigenvalue weighted by Crippen LogP contribution is 2.12. The Morgan fingerprint density at radius 1 is 0.865 bits per heavy atom. The van der Waals surface area contributed by atoms with Gasteiger partial charge in [-0.05, 0) is 44.1 Å². The number of carbonyl (C=O) groups excluding carboxylic acids is 3. The van der Waals surface area contributed by atoms with E-state index in [9.17, 15) is 14.4 Å². The molecule has 2 aliphatic heterocycles. The number of carbonyl (C=O) groups is 3. The molecule has 0 aromatic heterocycles. The lowest BCUT2D eigenvalue weighted by Crippen LogP contribution is -2.37. The van der Waals surface area contributed by atoms with Crippen LogP contribution in [0, 0.1) is 0 Å². The molecule has 1 N–H and O–H groups in total. The predicted molar refractivity (Wildman–Crippen MR) is 149 cm³/mol. The molecule has 0 saturated heterocycles. The van der Waals surface area contributed by atoms with Crippen LogP contribution in [0.2, 0.25) is 25.7 Å². The average molecular weight is 541 g/mol. The smallest absolute Gasteiger partial charge is 0.409 e. The zero-order chi connectivity index (χ0) is 27.8. The molecule has 0 fully saturated rings. The third kappa shape index (κ3) is 15.3. The van der Waals surface area contributed by atoms with Crippen molar-refractivity contribution in [1.29, 1.82) is 0 Å². The number of hydrogen-bond donors (Lipinski definition) is 1. The van der Waals surface area contributed by atoms with E-state index in [1.54, 1.807) is 33.1 Å². The van der Waals surface area contributed by atoms with Gasteiger partial charge in [-0.1, -0.05) is 31.8 Å². The first kappa shape index (κ1) is 32.5. The molecule has 10 nitrogen and oxygen atoms in total. The van der Waals surface area contributed by atoms with Crippen LogP contribution in [0.25, 0.3) is 0 Å². The van der Waals surface area contributed by atoms with Crippen LogP contribution in [-0.2, 0) is 14.2 Å². The van der Waals surface area contributed by atoms with Gasteiger partial charge >= 0.3 is 18.3 Å². The molecular formula is C26H48N4O6Si. The minimum atomic E-state index is -1.20. The van der Waals surface area contributed by atoms with E-state index in [2.05, 4.69) is 31.0 Å². The number of nitrogens with one attached hydrogen (secondary N) is 1. The van der Waals surface area contributed by atoms with Crippen molar-refractivity contribution in [3.8, 4) is 0 Å². The predicted octanol–water partition coefficient (Wildman–Crippen LogP) is 4.17. The van der Waals surface area contributed by atoms with E-state index < -0.39 is 8.07 Å². The standard InChI is InChI=1S/C16H30N2O4Si.C10H18N2O2/c1-17(2)15(19)22-14-8-6-7-10-18(11-9-14)16(20)21-12-13-23(3,4)5;1-12(2)10(13)14-9-5-3-4-7-11-8-6-9/h6,8,14H,7,9-13H2,1-5H3;3,5,9,11H,4,6-8H2,1-2H3/b8-6+;5-3+/t14-;9-/m11/s1. The second kappa shape index (κ2) is 17.1. The van der Waals surface area contributed by atoms with Crippen LogP contribution in [0.15, 0.2) is 24.3 Å². The highest BCUT2D eigenvalue weighted by Gasteiger charge is 2.21. The molecule has 0 saturated carbocycles. The Hall–Kier alpha value is -2.53. The Bertz CT molecular complexity index is 767. The minimum absolute atomic E-state index is 0.0855. The van der Waals surface area contributed by atoms with Gasteiger partial charge in [-0.15, -0.1) is 0 Å². The monoisotopic (exact) mass is 540 g/mol. The summed E-state index contributed by atoms with van der Waals surface area (Å²) < 4.78 is 16.0. The van der Waals surface area contributed by atoms with Crippen LogP contribution in [0.1, 0.15) is 25.7 Å². The lowest BCUT2D eigenvalue weighted by atomic mass is 10.1. The number of hydrogen-bond acceptors (Lipinski definition) is 7. The summed E-state index contributed by atoms with van der Waals surface area (Å²) in [5, 5.41) is 3.26. The van der Waals surface area contributed by atoms with Gasteiger partial charge in [0.25, 0.3) is 0 Å². The third-order valence-electron chi connectivity index (χ3n) is 5.61. The van der Waals surface area contributed by atoms with Crippen LogP contribution in [0.5, 0.6) is 0 Å². The van der Waals surface area contributed by atoms with Crippen molar-refractivity contribution in [3.63, 3.8) is 0 Å². The highest BCUT2D eigenvalue weighted by atomic mass is 28.3. The first-order valence-electron chi connectivity index (χ1n) is 13.1. The molecule has 0 aliphatic carbocycles. The maximum absolute atomic E-state index is 12.2. The summed E-state index contributed by atoms with van der Waals surface area (Å²) in [6.07, 6.45) is 9.73. The zero-order valence-electron chi connectivity index (χ0n) is 23.8. The molecule has 37 heavy (non-hydrogen) atoms. The fourth-order valence-corrected chi connectivity index (χ4v) is 3.97. The van der Waals surface area contributed by atoms with Gasteiger partial charge in [0.05, 0.1) is 6.61 Å². The van der Waals surface area contributed by atoms with Crippen molar-refractivity contribution >= 4 is 26.4 Å². The van der Waals surface area contributed by atoms with E-state index in [4.69, 9.17) is 14.2 Å². The Morgan fingerprint density at radius 3 is 2.00 bits per heavy atom. The molecule has 2 aliphatic rings. The van der Waals surface area contributed by atoms with Crippen molar-refractivity contribution in [2.75, 3.05) is 61.0 Å². The quantitative estimate of drug-likeness (QED) is 0.317. The third-order valence-corrected chi connectivity index (χ3v) is 7.32. The van der Waals surface area contributed by atoms with Crippen LogP contribution < -0.4 is 5.32 Å². The van der Waals surface area contributed by atoms with Crippen LogP contribution in [0.3, 0.4) is 0 Å². The van der Waals surface area contributed by atoms with Gasteiger partial charge in [-0.2, -0.15) is 0 Å². The van der Waals surface area contributed by atoms with Gasteiger partial charge in [0, 0.05) is 62.2 Å². The second-order valence-corrected chi connectivity index (χ2v) is 16.4. The molecule has 2 atom stereocenters. The second-order valence-electron chi connectivity index (χ2n) is 10.8. The average Bonchev–Trinajstić information content (AvgIpc) is 2.76. The van der Waals surface area contributed by atoms with Gasteiger partial charge in [0.2, 0.25) is 0 Å². The summed E-state index contributed by atoms with van der Waals surface area (Å²) in [7, 11) is 5.47. The number of nitrogens with zero attached hydrogens (tertiary/aromatic N) is 3. The van der Waals surface area contributed by atoms with Gasteiger partial charge in [-0.3, -0.25) is 0 Å². The summed E-state index contributed by atoms with van der Waals surface area (Å²) in [6.45, 7) is 10.3. The van der Waals surface area contributed by atoms with E-state index in [-0.39, 0.29) is 30.5 Å². The Balaban J connectivity index is 0.000000417. The van der Waals surface area contributed by atoms with Crippen molar-refractivity contribution in [3.05, 3.63) is 24.3 Å². The van der Waals surface area contributed by atoms with E-state index in [0.29, 0.717) is 26.1 Å². The first-order chi connectivity index (χ1) is 17.4. The van der Waals surface area contributed by atoms with Crippen LogP contribution in [0.4, 0.5) is 14.4 Å². The molecule has 0 radical (unpaired) electrons. The highest BCUT2D eigenvalue weighted by molar-refractivity contribution is 6.76. The largest absolute Gasteiger partial charge is 0.450 e. The summed E-state index contributed by atoms with van der Waals surface area (Å²) in [6, 6.07) is 0.968. The molecule has 2 heterocycles. The van der Waals surface area contributed by atoms with E-state index in [1.807, 2.05) is 18.2 Å². The Labute approximate surface area is 224 Å². The van der Waals surface area contributed by atoms with Crippen molar-refractivity contribution < 1.29 is 28.6 Å². The Kier molecular flexibility index (Phi) is 15.0. The molecule has 11 heteroatoms. The van der Waals surface area contributed by atoms with E-state index in [0.717, 1.165) is 38.4 Å². The summed E-state index contributed by atoms with van der Waals surface area (Å²) in [4.78, 5) is 39.6. The molecular weight excluding hydrogens is 492 g/mol. The van der Waals surface area contributed by atoms with Crippen LogP contribution >= 0.6 is 0 Å². The lowest BCUT2D eigenvalue weighted by Gasteiger charge is -2.26. The molecule has 212 valence electrons. The van der Waals surface area contributed by atoms with Gasteiger partial charge < -0.3 is 34.2 Å². The van der Waals surface area contributed by atoms with Gasteiger partial charge in [0.1, 0.15) is 12.2 Å². The van der Waals surface area contributed by atoms with Crippen LogP contribution in [-0.4, -0.2) is 114 Å². The molecule has 2 rings (SSSR count). The number of amides is 3. The molecule has 0 aromatic rings. The topological polar surface area (TPSA) is 101 Å². The van der Waals surface area contributed by atoms with E-state index in [1.165, 1.54) is 9.80 Å². The van der Waals surface area contributed by atoms with E-state index >= 15 is 0 Å². The summed E-state index contributed by atoms with van der Waals surface area (Å²) >= 11 is 0. The molecule has 3 amide bonds. The SMILES string of the molecule is CN(C)C(=O)O[C@@H]1/C=C/CCN(C(=O)OCC[Si](C)(C)C)CC1.CN(C)C(=O)O[C@@H]1/C=C/CCNCC1. The molecule has 0 unspecified atom stereocenters. The summed E-state index contributed by atoms with van der Waals surface area (Å²) in [5.74, 6) is 0. The fourth-order valence-electron chi connectivity index (χ4n) is 3.25. The molecule has 0 bridgehead atoms. The lowest BCUT2D eigenvalue weighted by molar-refractivity contribution is 0.0763. The fraction of sp³-hybridized carbons (Fsp3) is 0.731. The summed E-state index contributed by atoms with van der Waals surface area (Å²) in [5.41, 5.74) is 0. The molecule has 0 aromatic carbocycles. The van der Waals surface area contributed by atoms with Gasteiger partial charge in [-0.25, -0.2) is 14.4 Å². The maximum Gasteiger partial charge on any atom is 0.409 e. The number of rotatable bonds is 5. The first-order valence-corrected chi connectivity index (χ1v) is 16.8. The number of ether oxygens (including phenoxy) is 3.